The number of thiophene rings is 1. The number of halogens is 1. The lowest BCUT2D eigenvalue weighted by Crippen LogP contribution is -3.15. The summed E-state index contributed by atoms with van der Waals surface area (Å²) in [6.07, 6.45) is 4.86. The Morgan fingerprint density at radius 3 is 2.52 bits per heavy atom. The molecule has 1 aliphatic carbocycles. The Hall–Kier alpha value is -2.32. The quantitative estimate of drug-likeness (QED) is 0.698. The van der Waals surface area contributed by atoms with Crippen molar-refractivity contribution >= 4 is 17.0 Å². The first-order chi connectivity index (χ1) is 14.3. The minimum Gasteiger partial charge on any atom is -0.360 e. The SMILES string of the molecule is Fc1ccc(N2CC[NH+]([C@@H](c3cccs3)c3nnnn3C3CCCC3)CC2)cc1. The topological polar surface area (TPSA) is 51.3 Å². The van der Waals surface area contributed by atoms with Gasteiger partial charge in [-0.2, -0.15) is 0 Å². The van der Waals surface area contributed by atoms with Crippen LogP contribution in [0.25, 0.3) is 0 Å². The summed E-state index contributed by atoms with van der Waals surface area (Å²) in [6.45, 7) is 3.87. The summed E-state index contributed by atoms with van der Waals surface area (Å²) in [4.78, 5) is 5.16. The average Bonchev–Trinajstić information content (AvgIpc) is 3.52. The van der Waals surface area contributed by atoms with E-state index >= 15 is 0 Å². The molecule has 152 valence electrons. The minimum atomic E-state index is -0.186. The van der Waals surface area contributed by atoms with Gasteiger partial charge in [0, 0.05) is 5.69 Å². The van der Waals surface area contributed by atoms with Crippen molar-refractivity contribution in [3.63, 3.8) is 0 Å². The van der Waals surface area contributed by atoms with E-state index in [1.807, 2.05) is 12.1 Å². The van der Waals surface area contributed by atoms with E-state index in [-0.39, 0.29) is 11.9 Å². The van der Waals surface area contributed by atoms with Crippen LogP contribution >= 0.6 is 11.3 Å². The first-order valence-electron chi connectivity index (χ1n) is 10.5. The molecule has 2 aromatic heterocycles. The monoisotopic (exact) mass is 413 g/mol. The molecule has 1 atom stereocenters. The Kier molecular flexibility index (Phi) is 5.28. The van der Waals surface area contributed by atoms with Crippen LogP contribution in [-0.4, -0.2) is 46.4 Å². The van der Waals surface area contributed by atoms with Crippen LogP contribution < -0.4 is 9.80 Å². The van der Waals surface area contributed by atoms with Crippen LogP contribution in [0.5, 0.6) is 0 Å². The van der Waals surface area contributed by atoms with E-state index in [0.717, 1.165) is 37.7 Å². The van der Waals surface area contributed by atoms with Gasteiger partial charge >= 0.3 is 0 Å². The number of quaternary nitrogens is 1. The zero-order chi connectivity index (χ0) is 19.6. The molecule has 5 rings (SSSR count). The van der Waals surface area contributed by atoms with Gasteiger partial charge in [0.25, 0.3) is 0 Å². The minimum absolute atomic E-state index is 0.168. The van der Waals surface area contributed by atoms with Gasteiger partial charge in [-0.1, -0.05) is 18.9 Å². The second kappa shape index (κ2) is 8.20. The summed E-state index contributed by atoms with van der Waals surface area (Å²) in [6, 6.07) is 11.8. The molecule has 0 amide bonds. The van der Waals surface area contributed by atoms with Gasteiger partial charge in [0.2, 0.25) is 5.82 Å². The summed E-state index contributed by atoms with van der Waals surface area (Å²) in [5, 5.41) is 15.1. The fourth-order valence-electron chi connectivity index (χ4n) is 4.76. The molecule has 1 N–H and O–H groups in total. The van der Waals surface area contributed by atoms with E-state index in [1.165, 1.54) is 35.5 Å². The zero-order valence-corrected chi connectivity index (χ0v) is 17.2. The number of piperazine rings is 1. The molecule has 1 aliphatic heterocycles. The van der Waals surface area contributed by atoms with Gasteiger partial charge < -0.3 is 9.80 Å². The van der Waals surface area contributed by atoms with Gasteiger partial charge in [-0.25, -0.2) is 9.07 Å². The number of hydrogen-bond donors (Lipinski definition) is 1. The number of nitrogens with one attached hydrogen (secondary N) is 1. The normalized spacial score (nSPS) is 19.7. The second-order valence-corrected chi connectivity index (χ2v) is 8.97. The van der Waals surface area contributed by atoms with Gasteiger partial charge in [0.15, 0.2) is 6.04 Å². The van der Waals surface area contributed by atoms with E-state index in [4.69, 9.17) is 0 Å². The largest absolute Gasteiger partial charge is 0.360 e. The summed E-state index contributed by atoms with van der Waals surface area (Å²) in [5.41, 5.74) is 1.09. The van der Waals surface area contributed by atoms with E-state index in [0.29, 0.717) is 6.04 Å². The number of hydrogen-bond acceptors (Lipinski definition) is 5. The number of benzene rings is 1. The molecule has 2 aliphatic rings. The third kappa shape index (κ3) is 3.79. The highest BCUT2D eigenvalue weighted by molar-refractivity contribution is 7.10. The van der Waals surface area contributed by atoms with Gasteiger partial charge in [0.1, 0.15) is 5.82 Å². The maximum atomic E-state index is 13.3. The first kappa shape index (κ1) is 18.7. The van der Waals surface area contributed by atoms with Gasteiger partial charge in [-0.15, -0.1) is 16.4 Å². The highest BCUT2D eigenvalue weighted by Crippen LogP contribution is 2.32. The Bertz CT molecular complexity index is 911. The lowest BCUT2D eigenvalue weighted by atomic mass is 10.1. The van der Waals surface area contributed by atoms with Crippen molar-refractivity contribution in [3.8, 4) is 0 Å². The van der Waals surface area contributed by atoms with Crippen LogP contribution in [0.15, 0.2) is 41.8 Å². The predicted molar refractivity (Wildman–Crippen MR) is 111 cm³/mol. The van der Waals surface area contributed by atoms with Gasteiger partial charge in [-0.05, 0) is 59.0 Å². The third-order valence-electron chi connectivity index (χ3n) is 6.28. The molecule has 0 bridgehead atoms. The number of rotatable bonds is 5. The van der Waals surface area contributed by atoms with E-state index in [9.17, 15) is 4.39 Å². The molecule has 0 radical (unpaired) electrons. The van der Waals surface area contributed by atoms with Crippen LogP contribution in [0.3, 0.4) is 0 Å². The van der Waals surface area contributed by atoms with Crippen molar-refractivity contribution in [2.75, 3.05) is 31.1 Å². The Balaban J connectivity index is 1.38. The number of nitrogens with zero attached hydrogens (tertiary/aromatic N) is 5. The first-order valence-corrected chi connectivity index (χ1v) is 11.3. The second-order valence-electron chi connectivity index (χ2n) is 7.99. The summed E-state index contributed by atoms with van der Waals surface area (Å²) >= 11 is 1.79. The molecule has 1 saturated heterocycles. The Morgan fingerprint density at radius 2 is 1.83 bits per heavy atom. The predicted octanol–water partition coefficient (Wildman–Crippen LogP) is 2.48. The van der Waals surface area contributed by atoms with Crippen LogP contribution in [0, 0.1) is 5.82 Å². The van der Waals surface area contributed by atoms with E-state index in [1.54, 1.807) is 23.5 Å². The molecule has 3 aromatic rings. The van der Waals surface area contributed by atoms with Gasteiger partial charge in [-0.3, -0.25) is 0 Å². The third-order valence-corrected chi connectivity index (χ3v) is 7.22. The molecule has 1 saturated carbocycles. The molecule has 0 unspecified atom stereocenters. The maximum Gasteiger partial charge on any atom is 0.215 e. The fraction of sp³-hybridized carbons (Fsp3) is 0.476. The van der Waals surface area contributed by atoms with Gasteiger partial charge in [0.05, 0.1) is 37.1 Å². The maximum absolute atomic E-state index is 13.3. The van der Waals surface area contributed by atoms with Crippen molar-refractivity contribution in [1.29, 1.82) is 0 Å². The van der Waals surface area contributed by atoms with E-state index < -0.39 is 0 Å². The molecule has 0 spiro atoms. The van der Waals surface area contributed by atoms with Crippen LogP contribution in [0.4, 0.5) is 10.1 Å². The van der Waals surface area contributed by atoms with Crippen molar-refractivity contribution in [3.05, 3.63) is 58.3 Å². The highest BCUT2D eigenvalue weighted by atomic mass is 32.1. The van der Waals surface area contributed by atoms with Crippen molar-refractivity contribution < 1.29 is 9.29 Å². The molecule has 1 aromatic carbocycles. The Morgan fingerprint density at radius 1 is 1.07 bits per heavy atom. The number of aromatic nitrogens is 4. The molecule has 2 fully saturated rings. The lowest BCUT2D eigenvalue weighted by Gasteiger charge is -2.37. The highest BCUT2D eigenvalue weighted by Gasteiger charge is 2.36. The average molecular weight is 414 g/mol. The smallest absolute Gasteiger partial charge is 0.215 e. The molecule has 8 heteroatoms. The molecular formula is C21H26FN6S+. The van der Waals surface area contributed by atoms with Crippen LogP contribution in [-0.2, 0) is 0 Å². The van der Waals surface area contributed by atoms with Crippen LogP contribution in [0.2, 0.25) is 0 Å². The van der Waals surface area contributed by atoms with E-state index in [2.05, 4.69) is 42.6 Å². The van der Waals surface area contributed by atoms with Crippen LogP contribution in [0.1, 0.15) is 48.5 Å². The zero-order valence-electron chi connectivity index (χ0n) is 16.4. The molecule has 6 nitrogen and oxygen atoms in total. The summed E-state index contributed by atoms with van der Waals surface area (Å²) in [5.74, 6) is 0.819. The standard InChI is InChI=1S/C21H25FN6S/c22-16-7-9-17(10-8-16)26-11-13-27(14-12-26)20(19-6-3-15-29-19)21-23-24-25-28(21)18-4-1-2-5-18/h3,6-10,15,18,20H,1-2,4-5,11-14H2/p+1/t20-/m0/s1. The summed E-state index contributed by atoms with van der Waals surface area (Å²) < 4.78 is 15.4. The fourth-order valence-corrected chi connectivity index (χ4v) is 5.64. The van der Waals surface area contributed by atoms with Crippen molar-refractivity contribution in [2.24, 2.45) is 0 Å². The lowest BCUT2D eigenvalue weighted by molar-refractivity contribution is -0.926. The summed E-state index contributed by atoms with van der Waals surface area (Å²) in [7, 11) is 0. The van der Waals surface area contributed by atoms with Crippen molar-refractivity contribution in [1.82, 2.24) is 20.2 Å². The van der Waals surface area contributed by atoms with Crippen molar-refractivity contribution in [2.45, 2.75) is 37.8 Å². The molecular weight excluding hydrogens is 387 g/mol. The molecule has 29 heavy (non-hydrogen) atoms. The Labute approximate surface area is 173 Å². The number of anilines is 1. The number of tetrazole rings is 1. The molecule has 3 heterocycles.